The molecule has 178 valence electrons. The predicted molar refractivity (Wildman–Crippen MR) is 106 cm³/mol. The number of ether oxygens (including phenoxy) is 1. The van der Waals surface area contributed by atoms with Crippen molar-refractivity contribution in [2.75, 3.05) is 24.4 Å². The fourth-order valence-corrected chi connectivity index (χ4v) is 3.08. The molecule has 3 heterocycles. The van der Waals surface area contributed by atoms with Crippen LogP contribution in [0.1, 0.15) is 6.23 Å². The van der Waals surface area contributed by atoms with Gasteiger partial charge < -0.3 is 51.3 Å². The van der Waals surface area contributed by atoms with Crippen molar-refractivity contribution in [1.29, 1.82) is 0 Å². The van der Waals surface area contributed by atoms with E-state index in [1.54, 1.807) is 0 Å². The van der Waals surface area contributed by atoms with Crippen LogP contribution in [0.2, 0.25) is 0 Å². The summed E-state index contributed by atoms with van der Waals surface area (Å²) < 4.78 is 6.74. The quantitative estimate of drug-likeness (QED) is 0.124. The van der Waals surface area contributed by atoms with Gasteiger partial charge in [0, 0.05) is 0 Å². The Morgan fingerprint density at radius 2 is 1.88 bits per heavy atom. The lowest BCUT2D eigenvalue weighted by Crippen LogP contribution is -2.46. The van der Waals surface area contributed by atoms with Gasteiger partial charge >= 0.3 is 0 Å². The van der Waals surface area contributed by atoms with E-state index in [4.69, 9.17) is 15.6 Å². The zero-order valence-electron chi connectivity index (χ0n) is 16.5. The molecule has 1 fully saturated rings. The summed E-state index contributed by atoms with van der Waals surface area (Å²) in [6, 6.07) is 0. The highest BCUT2D eigenvalue weighted by molar-refractivity contribution is 5.83. The standard InChI is InChI=1S/C16H25N7O9/c17-13-8-14(23(4-18-8)15-12(31)11(30)7(3-25)32-15)21-16(20-13)22-19-1-5(26)9(28)10(29)6(27)2-24/h1,4-7,9-12,15,24-31H,2-3H2,(H3,17,20,21,22)/b19-1+/t5-,6+,7-,9+,10-,11-,12-,15-/m1/s1. The monoisotopic (exact) mass is 459 g/mol. The smallest absolute Gasteiger partial charge is 0.247 e. The SMILES string of the molecule is Nc1nc(N/N=C/[C@@H](O)[C@H](O)[C@H](O)[C@@H](O)CO)nc2c1ncn2[C@@H]1O[C@H](CO)[C@@H](O)[C@H]1O. The summed E-state index contributed by atoms with van der Waals surface area (Å²) in [7, 11) is 0. The molecule has 32 heavy (non-hydrogen) atoms. The normalized spacial score (nSPS) is 27.6. The van der Waals surface area contributed by atoms with Gasteiger partial charge in [-0.05, 0) is 0 Å². The van der Waals surface area contributed by atoms with Crippen LogP contribution >= 0.6 is 0 Å². The second-order valence-corrected chi connectivity index (χ2v) is 7.10. The van der Waals surface area contributed by atoms with Crippen molar-refractivity contribution in [3.05, 3.63) is 6.33 Å². The van der Waals surface area contributed by atoms with E-state index in [-0.39, 0.29) is 22.9 Å². The van der Waals surface area contributed by atoms with Crippen LogP contribution in [0.4, 0.5) is 11.8 Å². The lowest BCUT2D eigenvalue weighted by atomic mass is 10.0. The topological polar surface area (TPSA) is 265 Å². The Kier molecular flexibility index (Phi) is 7.49. The number of fused-ring (bicyclic) bond motifs is 1. The molecule has 0 radical (unpaired) electrons. The summed E-state index contributed by atoms with van der Waals surface area (Å²) in [4.78, 5) is 12.1. The van der Waals surface area contributed by atoms with Gasteiger partial charge in [0.05, 0.1) is 25.8 Å². The maximum atomic E-state index is 10.2. The molecule has 0 amide bonds. The van der Waals surface area contributed by atoms with Crippen molar-refractivity contribution < 1.29 is 45.6 Å². The number of hydrogen-bond donors (Lipinski definition) is 10. The summed E-state index contributed by atoms with van der Waals surface area (Å²) in [6.45, 7) is -1.34. The molecule has 0 spiro atoms. The zero-order valence-corrected chi connectivity index (χ0v) is 16.5. The molecule has 0 unspecified atom stereocenters. The third-order valence-electron chi connectivity index (χ3n) is 4.91. The number of nitrogens with one attached hydrogen (secondary N) is 1. The molecule has 2 aromatic rings. The summed E-state index contributed by atoms with van der Waals surface area (Å²) in [5.41, 5.74) is 8.49. The molecule has 0 bridgehead atoms. The maximum Gasteiger partial charge on any atom is 0.247 e. The molecular weight excluding hydrogens is 434 g/mol. The molecule has 0 aliphatic carbocycles. The van der Waals surface area contributed by atoms with Gasteiger partial charge in [-0.25, -0.2) is 10.4 Å². The minimum Gasteiger partial charge on any atom is -0.394 e. The lowest BCUT2D eigenvalue weighted by Gasteiger charge is -2.23. The van der Waals surface area contributed by atoms with Crippen LogP contribution in [-0.4, -0.2) is 123 Å². The number of nitrogens with two attached hydrogens (primary N) is 1. The number of nitrogens with zero attached hydrogens (tertiary/aromatic N) is 5. The summed E-state index contributed by atoms with van der Waals surface area (Å²) >= 11 is 0. The maximum absolute atomic E-state index is 10.2. The number of hydrazone groups is 1. The van der Waals surface area contributed by atoms with Crippen LogP contribution in [0.15, 0.2) is 11.4 Å². The highest BCUT2D eigenvalue weighted by Gasteiger charge is 2.44. The number of aromatic nitrogens is 4. The Morgan fingerprint density at radius 1 is 1.16 bits per heavy atom. The first-order valence-electron chi connectivity index (χ1n) is 9.44. The van der Waals surface area contributed by atoms with Crippen LogP contribution in [0.25, 0.3) is 11.2 Å². The van der Waals surface area contributed by atoms with Gasteiger partial charge in [-0.1, -0.05) is 0 Å². The van der Waals surface area contributed by atoms with Gasteiger partial charge in [0.1, 0.15) is 48.2 Å². The van der Waals surface area contributed by atoms with Gasteiger partial charge in [-0.15, -0.1) is 0 Å². The Labute approximate surface area is 179 Å². The molecule has 3 rings (SSSR count). The van der Waals surface area contributed by atoms with Crippen LogP contribution in [0, 0.1) is 0 Å². The number of anilines is 2. The van der Waals surface area contributed by atoms with Crippen molar-refractivity contribution >= 4 is 29.1 Å². The Morgan fingerprint density at radius 3 is 2.50 bits per heavy atom. The fraction of sp³-hybridized carbons (Fsp3) is 0.625. The van der Waals surface area contributed by atoms with Crippen LogP contribution in [0.3, 0.4) is 0 Å². The van der Waals surface area contributed by atoms with E-state index < -0.39 is 62.2 Å². The van der Waals surface area contributed by atoms with E-state index in [0.717, 1.165) is 6.21 Å². The van der Waals surface area contributed by atoms with E-state index in [1.807, 2.05) is 0 Å². The first-order valence-corrected chi connectivity index (χ1v) is 9.44. The number of rotatable bonds is 9. The molecule has 1 aliphatic rings. The fourth-order valence-electron chi connectivity index (χ4n) is 3.08. The molecule has 1 aliphatic heterocycles. The number of aliphatic hydroxyl groups excluding tert-OH is 8. The first kappa shape index (κ1) is 24.1. The lowest BCUT2D eigenvalue weighted by molar-refractivity contribution is -0.0999. The molecule has 1 saturated heterocycles. The van der Waals surface area contributed by atoms with Crippen LogP contribution in [0.5, 0.6) is 0 Å². The van der Waals surface area contributed by atoms with E-state index in [2.05, 4.69) is 25.5 Å². The molecule has 11 N–H and O–H groups in total. The highest BCUT2D eigenvalue weighted by atomic mass is 16.6. The Hall–Kier alpha value is -2.54. The number of nitrogen functional groups attached to an aromatic ring is 1. The number of hydrogen-bond acceptors (Lipinski definition) is 15. The van der Waals surface area contributed by atoms with E-state index >= 15 is 0 Å². The summed E-state index contributed by atoms with van der Waals surface area (Å²) in [6.07, 6.45) is -9.84. The number of imidazole rings is 1. The summed E-state index contributed by atoms with van der Waals surface area (Å²) in [5.74, 6) is -0.238. The molecule has 16 heteroatoms. The van der Waals surface area contributed by atoms with Crippen molar-refractivity contribution in [3.8, 4) is 0 Å². The largest absolute Gasteiger partial charge is 0.394 e. The summed E-state index contributed by atoms with van der Waals surface area (Å²) in [5, 5.41) is 80.4. The highest BCUT2D eigenvalue weighted by Crippen LogP contribution is 2.32. The number of aliphatic hydroxyl groups is 8. The second-order valence-electron chi connectivity index (χ2n) is 7.10. The third kappa shape index (κ3) is 4.63. The van der Waals surface area contributed by atoms with Crippen molar-refractivity contribution in [2.24, 2.45) is 5.10 Å². The average molecular weight is 459 g/mol. The van der Waals surface area contributed by atoms with Gasteiger partial charge in [0.15, 0.2) is 17.7 Å². The van der Waals surface area contributed by atoms with Crippen molar-refractivity contribution in [1.82, 2.24) is 19.5 Å². The Bertz CT molecular complexity index is 944. The van der Waals surface area contributed by atoms with Crippen LogP contribution in [-0.2, 0) is 4.74 Å². The zero-order chi connectivity index (χ0) is 23.6. The van der Waals surface area contributed by atoms with Gasteiger partial charge in [-0.3, -0.25) is 4.57 Å². The molecule has 0 aromatic carbocycles. The Balaban J connectivity index is 1.78. The minimum atomic E-state index is -1.84. The van der Waals surface area contributed by atoms with E-state index in [0.29, 0.717) is 0 Å². The van der Waals surface area contributed by atoms with E-state index in [1.165, 1.54) is 10.9 Å². The van der Waals surface area contributed by atoms with E-state index in [9.17, 15) is 35.7 Å². The second kappa shape index (κ2) is 9.94. The van der Waals surface area contributed by atoms with Crippen molar-refractivity contribution in [3.63, 3.8) is 0 Å². The first-order chi connectivity index (χ1) is 15.2. The minimum absolute atomic E-state index is 0.0692. The van der Waals surface area contributed by atoms with Gasteiger partial charge in [-0.2, -0.15) is 15.1 Å². The average Bonchev–Trinajstić information content (AvgIpc) is 3.33. The molecule has 16 nitrogen and oxygen atoms in total. The van der Waals surface area contributed by atoms with Gasteiger partial charge in [0.2, 0.25) is 5.95 Å². The van der Waals surface area contributed by atoms with Gasteiger partial charge in [0.25, 0.3) is 0 Å². The predicted octanol–water partition coefficient (Wildman–Crippen LogP) is -5.15. The van der Waals surface area contributed by atoms with Crippen LogP contribution < -0.4 is 11.2 Å². The molecular formula is C16H25N7O9. The molecule has 0 saturated carbocycles. The molecule has 8 atom stereocenters. The van der Waals surface area contributed by atoms with Crippen molar-refractivity contribution in [2.45, 2.75) is 49.0 Å². The third-order valence-corrected chi connectivity index (χ3v) is 4.91. The molecule has 2 aromatic heterocycles.